The summed E-state index contributed by atoms with van der Waals surface area (Å²) < 4.78 is 16.5. The molecule has 0 aromatic heterocycles. The molecule has 0 N–H and O–H groups in total. The van der Waals surface area contributed by atoms with Crippen molar-refractivity contribution in [3.05, 3.63) is 36.2 Å². The Balaban J connectivity index is 1.59. The molecular formula is C19H26NO4. The van der Waals surface area contributed by atoms with E-state index in [1.807, 2.05) is 19.9 Å². The Morgan fingerprint density at radius 1 is 1.33 bits per heavy atom. The van der Waals surface area contributed by atoms with Crippen LogP contribution in [0.4, 0.5) is 4.79 Å². The predicted octanol–water partition coefficient (Wildman–Crippen LogP) is 3.87. The topological polar surface area (TPSA) is 48.0 Å². The van der Waals surface area contributed by atoms with Crippen LogP contribution in [0.3, 0.4) is 0 Å². The van der Waals surface area contributed by atoms with Gasteiger partial charge in [0.05, 0.1) is 13.2 Å². The largest absolute Gasteiger partial charge is 0.463 e. The summed E-state index contributed by atoms with van der Waals surface area (Å²) in [4.78, 5) is 13.3. The van der Waals surface area contributed by atoms with Crippen LogP contribution in [0, 0.1) is 6.92 Å². The van der Waals surface area contributed by atoms with Crippen molar-refractivity contribution >= 4 is 6.09 Å². The molecule has 1 aromatic carbocycles. The van der Waals surface area contributed by atoms with Crippen LogP contribution < -0.4 is 4.74 Å². The molecule has 1 saturated heterocycles. The summed E-state index contributed by atoms with van der Waals surface area (Å²) in [6.45, 7) is 11.8. The second kappa shape index (κ2) is 6.63. The summed E-state index contributed by atoms with van der Waals surface area (Å²) in [7, 11) is 0. The third kappa shape index (κ3) is 3.66. The van der Waals surface area contributed by atoms with Gasteiger partial charge >= 0.3 is 6.09 Å². The molecular weight excluding hydrogens is 306 g/mol. The molecule has 5 heteroatoms. The summed E-state index contributed by atoms with van der Waals surface area (Å²) in [5.74, 6) is 0.719. The molecule has 131 valence electrons. The maximum absolute atomic E-state index is 11.6. The highest BCUT2D eigenvalue weighted by molar-refractivity contribution is 5.69. The average molecular weight is 332 g/mol. The standard InChI is InChI=1S/C19H26NO4/c1-13(5-6-14(2)20-9-10-22-18(20)21)15-7-8-17-16(11-15)12-23-19(3,4)24-17/h7-8,11,13-14H,2,5-6,9-10,12H2,1,3-4H3/t13-,14?/m1/s1. The molecule has 2 aliphatic rings. The van der Waals surface area contributed by atoms with Crippen LogP contribution >= 0.6 is 0 Å². The fraction of sp³-hybridized carbons (Fsp3) is 0.579. The fourth-order valence-corrected chi connectivity index (χ4v) is 3.17. The normalized spacial score (nSPS) is 21.7. The van der Waals surface area contributed by atoms with E-state index < -0.39 is 5.79 Å². The molecule has 1 radical (unpaired) electrons. The number of fused-ring (bicyclic) bond motifs is 1. The molecule has 1 unspecified atom stereocenters. The average Bonchev–Trinajstić information content (AvgIpc) is 2.97. The first-order valence-electron chi connectivity index (χ1n) is 8.58. The van der Waals surface area contributed by atoms with Crippen LogP contribution in [0.25, 0.3) is 0 Å². The molecule has 1 aromatic rings. The van der Waals surface area contributed by atoms with Gasteiger partial charge in [-0.2, -0.15) is 0 Å². The second-order valence-electron chi connectivity index (χ2n) is 7.10. The Morgan fingerprint density at radius 3 is 2.83 bits per heavy atom. The van der Waals surface area contributed by atoms with Crippen molar-refractivity contribution in [2.24, 2.45) is 0 Å². The summed E-state index contributed by atoms with van der Waals surface area (Å²) in [6, 6.07) is 6.28. The molecule has 2 atom stereocenters. The van der Waals surface area contributed by atoms with Gasteiger partial charge in [-0.15, -0.1) is 0 Å². The van der Waals surface area contributed by atoms with E-state index in [1.165, 1.54) is 5.56 Å². The van der Waals surface area contributed by atoms with E-state index in [9.17, 15) is 4.79 Å². The van der Waals surface area contributed by atoms with Crippen molar-refractivity contribution in [2.45, 2.75) is 58.0 Å². The van der Waals surface area contributed by atoms with Crippen LogP contribution in [0.2, 0.25) is 0 Å². The predicted molar refractivity (Wildman–Crippen MR) is 90.8 cm³/mol. The Morgan fingerprint density at radius 2 is 2.12 bits per heavy atom. The highest BCUT2D eigenvalue weighted by Gasteiger charge is 2.29. The number of benzene rings is 1. The van der Waals surface area contributed by atoms with Crippen LogP contribution in [-0.2, 0) is 16.1 Å². The maximum Gasteiger partial charge on any atom is 0.410 e. The highest BCUT2D eigenvalue weighted by atomic mass is 16.7. The third-order valence-electron chi connectivity index (χ3n) is 4.75. The van der Waals surface area contributed by atoms with E-state index in [0.717, 1.165) is 24.2 Å². The molecule has 1 fully saturated rings. The van der Waals surface area contributed by atoms with Crippen LogP contribution in [0.1, 0.15) is 50.7 Å². The van der Waals surface area contributed by atoms with E-state index in [0.29, 0.717) is 25.7 Å². The van der Waals surface area contributed by atoms with E-state index in [2.05, 4.69) is 26.0 Å². The lowest BCUT2D eigenvalue weighted by Gasteiger charge is -2.33. The fourth-order valence-electron chi connectivity index (χ4n) is 3.17. The quantitative estimate of drug-likeness (QED) is 0.821. The number of rotatable bonds is 5. The third-order valence-corrected chi connectivity index (χ3v) is 4.75. The molecule has 2 aliphatic heterocycles. The van der Waals surface area contributed by atoms with Crippen molar-refractivity contribution in [3.63, 3.8) is 0 Å². The lowest BCUT2D eigenvalue weighted by Crippen LogP contribution is -2.35. The number of hydrogen-bond donors (Lipinski definition) is 0. The van der Waals surface area contributed by atoms with Crippen molar-refractivity contribution in [1.29, 1.82) is 0 Å². The molecule has 2 heterocycles. The summed E-state index contributed by atoms with van der Waals surface area (Å²) in [5.41, 5.74) is 2.35. The Kier molecular flexibility index (Phi) is 4.72. The van der Waals surface area contributed by atoms with Crippen LogP contribution in [0.15, 0.2) is 18.2 Å². The second-order valence-corrected chi connectivity index (χ2v) is 7.10. The lowest BCUT2D eigenvalue weighted by molar-refractivity contribution is -0.180. The lowest BCUT2D eigenvalue weighted by atomic mass is 9.92. The van der Waals surface area contributed by atoms with Gasteiger partial charge < -0.3 is 19.1 Å². The number of nitrogens with zero attached hydrogens (tertiary/aromatic N) is 1. The molecule has 0 bridgehead atoms. The zero-order valence-electron chi connectivity index (χ0n) is 14.7. The van der Waals surface area contributed by atoms with Crippen molar-refractivity contribution < 1.29 is 19.0 Å². The van der Waals surface area contributed by atoms with E-state index in [-0.39, 0.29) is 12.1 Å². The van der Waals surface area contributed by atoms with Crippen molar-refractivity contribution in [3.8, 4) is 5.75 Å². The summed E-state index contributed by atoms with van der Waals surface area (Å²) >= 11 is 0. The SMILES string of the molecule is [CH2]C(CC[C@@H](C)c1ccc2c(c1)COC(C)(C)O2)N1CCOC1=O. The minimum Gasteiger partial charge on any atom is -0.463 e. The Hall–Kier alpha value is -1.75. The van der Waals surface area contributed by atoms with Gasteiger partial charge in [0.25, 0.3) is 0 Å². The van der Waals surface area contributed by atoms with Gasteiger partial charge in [0.15, 0.2) is 0 Å². The van der Waals surface area contributed by atoms with Gasteiger partial charge in [-0.3, -0.25) is 0 Å². The first-order valence-corrected chi connectivity index (χ1v) is 8.58. The first-order chi connectivity index (χ1) is 11.4. The van der Waals surface area contributed by atoms with E-state index >= 15 is 0 Å². The van der Waals surface area contributed by atoms with Gasteiger partial charge in [0.2, 0.25) is 5.79 Å². The monoisotopic (exact) mass is 332 g/mol. The molecule has 0 aliphatic carbocycles. The van der Waals surface area contributed by atoms with Gasteiger partial charge in [-0.1, -0.05) is 13.0 Å². The molecule has 0 saturated carbocycles. The molecule has 24 heavy (non-hydrogen) atoms. The zero-order chi connectivity index (χ0) is 17.3. The number of cyclic esters (lactones) is 1. The summed E-state index contributed by atoms with van der Waals surface area (Å²) in [5, 5.41) is 0. The van der Waals surface area contributed by atoms with Crippen molar-refractivity contribution in [2.75, 3.05) is 13.2 Å². The van der Waals surface area contributed by atoms with Gasteiger partial charge in [0, 0.05) is 25.5 Å². The number of ether oxygens (including phenoxy) is 3. The van der Waals surface area contributed by atoms with Gasteiger partial charge in [0.1, 0.15) is 12.4 Å². The minimum atomic E-state index is -0.564. The number of hydrogen-bond acceptors (Lipinski definition) is 4. The van der Waals surface area contributed by atoms with Gasteiger partial charge in [-0.25, -0.2) is 4.79 Å². The highest BCUT2D eigenvalue weighted by Crippen LogP contribution is 2.34. The molecule has 1 amide bonds. The van der Waals surface area contributed by atoms with E-state index in [4.69, 9.17) is 14.2 Å². The van der Waals surface area contributed by atoms with E-state index in [1.54, 1.807) is 4.90 Å². The number of carbonyl (C=O) groups is 1. The van der Waals surface area contributed by atoms with Crippen molar-refractivity contribution in [1.82, 2.24) is 4.90 Å². The van der Waals surface area contributed by atoms with Gasteiger partial charge in [-0.05, 0) is 43.4 Å². The molecule has 3 rings (SSSR count). The molecule has 5 nitrogen and oxygen atoms in total. The van der Waals surface area contributed by atoms with Crippen LogP contribution in [0.5, 0.6) is 5.75 Å². The molecule has 0 spiro atoms. The first kappa shape index (κ1) is 17.1. The maximum atomic E-state index is 11.6. The smallest absolute Gasteiger partial charge is 0.410 e. The minimum absolute atomic E-state index is 0.0347. The summed E-state index contributed by atoms with van der Waals surface area (Å²) in [6.07, 6.45) is 1.57. The Bertz CT molecular complexity index is 613. The number of carbonyl (C=O) groups excluding carboxylic acids is 1. The zero-order valence-corrected chi connectivity index (χ0v) is 14.7. The Labute approximate surface area is 143 Å². The number of amides is 1. The van der Waals surface area contributed by atoms with Crippen LogP contribution in [-0.4, -0.2) is 36.0 Å².